The molecule has 0 saturated heterocycles. The molecule has 0 aliphatic carbocycles. The van der Waals surface area contributed by atoms with Crippen LogP contribution in [0.3, 0.4) is 0 Å². The molecule has 0 spiro atoms. The molecule has 2 aromatic rings. The van der Waals surface area contributed by atoms with E-state index in [9.17, 15) is 5.11 Å². The average molecular weight is 281 g/mol. The Hall–Kier alpha value is -1.32. The van der Waals surface area contributed by atoms with Crippen LogP contribution < -0.4 is 0 Å². The summed E-state index contributed by atoms with van der Waals surface area (Å²) >= 11 is 0. The maximum Gasteiger partial charge on any atom is 0.135 e. The highest BCUT2D eigenvalue weighted by Crippen LogP contribution is 2.23. The van der Waals surface area contributed by atoms with Gasteiger partial charge in [-0.05, 0) is 16.5 Å². The van der Waals surface area contributed by atoms with Crippen LogP contribution in [0.15, 0.2) is 43.0 Å². The van der Waals surface area contributed by atoms with E-state index in [1.54, 1.807) is 23.3 Å². The summed E-state index contributed by atoms with van der Waals surface area (Å²) in [5.41, 5.74) is 2.61. The van der Waals surface area contributed by atoms with Crippen molar-refractivity contribution in [1.82, 2.24) is 9.55 Å². The van der Waals surface area contributed by atoms with E-state index in [1.807, 2.05) is 0 Å². The first-order valence-corrected chi connectivity index (χ1v) is 6.22. The fraction of sp³-hybridized carbons (Fsp3) is 0.400. The minimum atomic E-state index is -0.548. The maximum atomic E-state index is 10.0. The molecule has 4 heteroatoms. The van der Waals surface area contributed by atoms with E-state index in [0.717, 1.165) is 5.56 Å². The zero-order valence-corrected chi connectivity index (χ0v) is 12.4. The lowest BCUT2D eigenvalue weighted by Gasteiger charge is -2.19. The Morgan fingerprint density at radius 3 is 2.32 bits per heavy atom. The molecule has 1 N–H and O–H groups in total. The molecule has 0 aliphatic rings. The third-order valence-electron chi connectivity index (χ3n) is 3.11. The van der Waals surface area contributed by atoms with Crippen LogP contribution in [0.25, 0.3) is 0 Å². The standard InChI is InChI=1S/C15H20N2O.ClH/c1-15(2,3)13-6-4-12(5-7-13)10-14(18)17-9-8-16-11-17;/h4-9,11,14,18H,10H2,1-3H3;1H. The van der Waals surface area contributed by atoms with Crippen molar-refractivity contribution in [3.8, 4) is 0 Å². The summed E-state index contributed by atoms with van der Waals surface area (Å²) in [5.74, 6) is 0. The molecular formula is C15H21ClN2O. The van der Waals surface area contributed by atoms with E-state index in [-0.39, 0.29) is 17.8 Å². The molecule has 104 valence electrons. The molecule has 1 unspecified atom stereocenters. The monoisotopic (exact) mass is 280 g/mol. The zero-order chi connectivity index (χ0) is 13.2. The Balaban J connectivity index is 0.00000180. The van der Waals surface area contributed by atoms with Crippen LogP contribution in [-0.2, 0) is 11.8 Å². The van der Waals surface area contributed by atoms with E-state index in [4.69, 9.17) is 0 Å². The molecule has 3 nitrogen and oxygen atoms in total. The molecule has 0 saturated carbocycles. The molecule has 19 heavy (non-hydrogen) atoms. The molecule has 1 aromatic heterocycles. The van der Waals surface area contributed by atoms with Crippen molar-refractivity contribution >= 4 is 12.4 Å². The Bertz CT molecular complexity index is 486. The van der Waals surface area contributed by atoms with Crippen molar-refractivity contribution in [2.75, 3.05) is 0 Å². The number of benzene rings is 1. The third-order valence-corrected chi connectivity index (χ3v) is 3.11. The lowest BCUT2D eigenvalue weighted by atomic mass is 9.86. The minimum Gasteiger partial charge on any atom is -0.373 e. The van der Waals surface area contributed by atoms with E-state index < -0.39 is 6.23 Å². The van der Waals surface area contributed by atoms with Crippen molar-refractivity contribution < 1.29 is 5.11 Å². The van der Waals surface area contributed by atoms with Gasteiger partial charge in [0.15, 0.2) is 0 Å². The van der Waals surface area contributed by atoms with Crippen molar-refractivity contribution in [2.45, 2.75) is 38.8 Å². The first-order valence-electron chi connectivity index (χ1n) is 6.22. The van der Waals surface area contributed by atoms with Gasteiger partial charge in [0, 0.05) is 18.8 Å². The topological polar surface area (TPSA) is 38.0 Å². The number of hydrogen-bond acceptors (Lipinski definition) is 2. The summed E-state index contributed by atoms with van der Waals surface area (Å²) in [6.45, 7) is 6.59. The predicted molar refractivity (Wildman–Crippen MR) is 79.6 cm³/mol. The van der Waals surface area contributed by atoms with Gasteiger partial charge >= 0.3 is 0 Å². The summed E-state index contributed by atoms with van der Waals surface area (Å²) in [5, 5.41) is 10.0. The first kappa shape index (κ1) is 15.7. The maximum absolute atomic E-state index is 10.0. The number of hydrogen-bond donors (Lipinski definition) is 1. The third kappa shape index (κ3) is 4.08. The van der Waals surface area contributed by atoms with E-state index in [2.05, 4.69) is 50.0 Å². The Morgan fingerprint density at radius 1 is 1.21 bits per heavy atom. The Labute approximate surface area is 120 Å². The smallest absolute Gasteiger partial charge is 0.135 e. The van der Waals surface area contributed by atoms with Crippen molar-refractivity contribution in [2.24, 2.45) is 0 Å². The van der Waals surface area contributed by atoms with Gasteiger partial charge in [-0.1, -0.05) is 45.0 Å². The summed E-state index contributed by atoms with van der Waals surface area (Å²) in [6, 6.07) is 8.44. The average Bonchev–Trinajstić information content (AvgIpc) is 2.82. The van der Waals surface area contributed by atoms with E-state index in [0.29, 0.717) is 6.42 Å². The Kier molecular flexibility index (Phi) is 5.15. The number of imidazole rings is 1. The summed E-state index contributed by atoms with van der Waals surface area (Å²) in [6.07, 6.45) is 5.13. The highest BCUT2D eigenvalue weighted by atomic mass is 35.5. The molecule has 1 aromatic carbocycles. The number of halogens is 1. The van der Waals surface area contributed by atoms with E-state index >= 15 is 0 Å². The second kappa shape index (κ2) is 6.22. The van der Waals surface area contributed by atoms with Crippen LogP contribution in [0, 0.1) is 0 Å². The fourth-order valence-corrected chi connectivity index (χ4v) is 1.90. The van der Waals surface area contributed by atoms with Gasteiger partial charge in [0.2, 0.25) is 0 Å². The summed E-state index contributed by atoms with van der Waals surface area (Å²) in [7, 11) is 0. The van der Waals surface area contributed by atoms with Gasteiger partial charge in [0.25, 0.3) is 0 Å². The van der Waals surface area contributed by atoms with Crippen molar-refractivity contribution in [3.05, 3.63) is 54.1 Å². The number of aromatic nitrogens is 2. The summed E-state index contributed by atoms with van der Waals surface area (Å²) < 4.78 is 1.71. The molecule has 0 radical (unpaired) electrons. The normalized spacial score (nSPS) is 12.8. The molecule has 1 atom stereocenters. The lowest BCUT2D eigenvalue weighted by Crippen LogP contribution is -2.12. The minimum absolute atomic E-state index is 0. The van der Waals surface area contributed by atoms with E-state index in [1.165, 1.54) is 5.56 Å². The van der Waals surface area contributed by atoms with Crippen LogP contribution in [0.1, 0.15) is 38.1 Å². The van der Waals surface area contributed by atoms with Crippen LogP contribution in [0.2, 0.25) is 0 Å². The predicted octanol–water partition coefficient (Wildman–Crippen LogP) is 3.34. The SMILES string of the molecule is CC(C)(C)c1ccc(CC(O)n2ccnc2)cc1.Cl. The van der Waals surface area contributed by atoms with Crippen molar-refractivity contribution in [3.63, 3.8) is 0 Å². The lowest BCUT2D eigenvalue weighted by molar-refractivity contribution is 0.104. The van der Waals surface area contributed by atoms with Gasteiger partial charge in [0.05, 0.1) is 6.33 Å². The van der Waals surface area contributed by atoms with Gasteiger partial charge in [-0.3, -0.25) is 0 Å². The van der Waals surface area contributed by atoms with Gasteiger partial charge in [0.1, 0.15) is 6.23 Å². The van der Waals surface area contributed by atoms with Crippen molar-refractivity contribution in [1.29, 1.82) is 0 Å². The molecule has 0 amide bonds. The number of aliphatic hydroxyl groups is 1. The number of rotatable bonds is 3. The molecule has 0 bridgehead atoms. The highest BCUT2D eigenvalue weighted by Gasteiger charge is 2.13. The molecule has 0 fully saturated rings. The second-order valence-corrected chi connectivity index (χ2v) is 5.64. The molecule has 1 heterocycles. The zero-order valence-electron chi connectivity index (χ0n) is 11.6. The fourth-order valence-electron chi connectivity index (χ4n) is 1.90. The molecular weight excluding hydrogens is 260 g/mol. The quantitative estimate of drug-likeness (QED) is 0.936. The second-order valence-electron chi connectivity index (χ2n) is 5.64. The highest BCUT2D eigenvalue weighted by molar-refractivity contribution is 5.85. The van der Waals surface area contributed by atoms with Gasteiger partial charge < -0.3 is 9.67 Å². The van der Waals surface area contributed by atoms with Gasteiger partial charge in [-0.25, -0.2) is 4.98 Å². The number of nitrogens with zero attached hydrogens (tertiary/aromatic N) is 2. The Morgan fingerprint density at radius 2 is 1.84 bits per heavy atom. The largest absolute Gasteiger partial charge is 0.373 e. The van der Waals surface area contributed by atoms with Crippen LogP contribution in [0.5, 0.6) is 0 Å². The van der Waals surface area contributed by atoms with Gasteiger partial charge in [-0.2, -0.15) is 0 Å². The van der Waals surface area contributed by atoms with Gasteiger partial charge in [-0.15, -0.1) is 12.4 Å². The molecule has 0 aliphatic heterocycles. The van der Waals surface area contributed by atoms with Crippen LogP contribution in [0.4, 0.5) is 0 Å². The van der Waals surface area contributed by atoms with Crippen LogP contribution in [-0.4, -0.2) is 14.7 Å². The molecule has 2 rings (SSSR count). The summed E-state index contributed by atoms with van der Waals surface area (Å²) in [4.78, 5) is 3.93. The van der Waals surface area contributed by atoms with Crippen LogP contribution >= 0.6 is 12.4 Å². The number of aliphatic hydroxyl groups excluding tert-OH is 1. The first-order chi connectivity index (χ1) is 8.47.